The number of benzene rings is 1. The summed E-state index contributed by atoms with van der Waals surface area (Å²) in [6.07, 6.45) is 2.63. The maximum atomic E-state index is 12.4. The van der Waals surface area contributed by atoms with Crippen LogP contribution in [0.25, 0.3) is 0 Å². The molecule has 2 amide bonds. The second kappa shape index (κ2) is 11.0. The fraction of sp³-hybridized carbons (Fsp3) is 0.471. The van der Waals surface area contributed by atoms with Crippen LogP contribution in [0, 0.1) is 5.41 Å². The summed E-state index contributed by atoms with van der Waals surface area (Å²) in [5, 5.41) is 10.3. The van der Waals surface area contributed by atoms with Crippen molar-refractivity contribution >= 4 is 42.5 Å². The van der Waals surface area contributed by atoms with Gasteiger partial charge in [0.15, 0.2) is 0 Å². The molecular formula is C17H27Cl2N5O2. The molecule has 2 atom stereocenters. The van der Waals surface area contributed by atoms with Crippen LogP contribution in [-0.4, -0.2) is 41.2 Å². The molecule has 1 unspecified atom stereocenters. The van der Waals surface area contributed by atoms with Gasteiger partial charge in [0.1, 0.15) is 5.84 Å². The molecule has 9 heteroatoms. The molecule has 1 aromatic rings. The van der Waals surface area contributed by atoms with E-state index in [1.807, 2.05) is 17.0 Å². The number of halogens is 2. The van der Waals surface area contributed by atoms with Gasteiger partial charge in [-0.3, -0.25) is 19.9 Å². The number of amidine groups is 1. The normalized spacial score (nSPS) is 18.0. The third-order valence-corrected chi connectivity index (χ3v) is 4.48. The van der Waals surface area contributed by atoms with E-state index in [2.05, 4.69) is 5.32 Å². The Morgan fingerprint density at radius 3 is 2.38 bits per heavy atom. The van der Waals surface area contributed by atoms with Gasteiger partial charge in [-0.2, -0.15) is 0 Å². The number of piperidine rings is 1. The fourth-order valence-electron chi connectivity index (χ4n) is 3.01. The van der Waals surface area contributed by atoms with Gasteiger partial charge in [-0.25, -0.2) is 0 Å². The summed E-state index contributed by atoms with van der Waals surface area (Å²) in [5.74, 6) is -0.477. The van der Waals surface area contributed by atoms with Crippen molar-refractivity contribution in [3.63, 3.8) is 0 Å². The van der Waals surface area contributed by atoms with Gasteiger partial charge >= 0.3 is 0 Å². The van der Waals surface area contributed by atoms with Gasteiger partial charge in [0.05, 0.1) is 12.1 Å². The van der Waals surface area contributed by atoms with E-state index in [0.717, 1.165) is 18.4 Å². The van der Waals surface area contributed by atoms with Crippen LogP contribution in [0.5, 0.6) is 0 Å². The number of carbonyl (C=O) groups excluding carboxylic acids is 2. The molecule has 7 nitrogen and oxygen atoms in total. The monoisotopic (exact) mass is 403 g/mol. The third-order valence-electron chi connectivity index (χ3n) is 4.48. The topological polar surface area (TPSA) is 125 Å². The van der Waals surface area contributed by atoms with E-state index in [4.69, 9.17) is 16.9 Å². The Labute approximate surface area is 166 Å². The highest BCUT2D eigenvalue weighted by Crippen LogP contribution is 2.19. The molecule has 2 rings (SSSR count). The number of likely N-dealkylation sites (tertiary alicyclic amines) is 1. The standard InChI is InChI=1S/C17H25N5O2.2ClH/c1-11(22-9-3-2-4-14(22)16(20)23)17(24)21-10-12-5-7-13(8-6-12)15(18)19;;/h5-8,11,14H,2-4,9-10H2,1H3,(H3,18,19)(H2,20,23)(H,21,24);2*1H/t11-,14?;;/m0../s1. The van der Waals surface area contributed by atoms with Crippen LogP contribution in [0.4, 0.5) is 0 Å². The van der Waals surface area contributed by atoms with E-state index in [1.165, 1.54) is 0 Å². The third kappa shape index (κ3) is 6.16. The quantitative estimate of drug-likeness (QED) is 0.419. The molecule has 0 aromatic heterocycles. The lowest BCUT2D eigenvalue weighted by Gasteiger charge is -2.37. The van der Waals surface area contributed by atoms with E-state index in [-0.39, 0.29) is 48.5 Å². The maximum Gasteiger partial charge on any atom is 0.237 e. The number of hydrogen-bond donors (Lipinski definition) is 4. The Morgan fingerprint density at radius 2 is 1.85 bits per heavy atom. The van der Waals surface area contributed by atoms with Crippen LogP contribution in [0.1, 0.15) is 37.3 Å². The summed E-state index contributed by atoms with van der Waals surface area (Å²) >= 11 is 0. The van der Waals surface area contributed by atoms with Crippen molar-refractivity contribution in [2.24, 2.45) is 11.5 Å². The van der Waals surface area contributed by atoms with Gasteiger partial charge in [-0.05, 0) is 31.9 Å². The molecule has 0 aliphatic carbocycles. The van der Waals surface area contributed by atoms with Gasteiger partial charge in [-0.1, -0.05) is 30.7 Å². The Balaban J connectivity index is 0.00000312. The first-order valence-electron chi connectivity index (χ1n) is 8.16. The first kappa shape index (κ1) is 24.2. The Kier molecular flexibility index (Phi) is 10.2. The van der Waals surface area contributed by atoms with Crippen LogP contribution in [0.3, 0.4) is 0 Å². The average molecular weight is 404 g/mol. The van der Waals surface area contributed by atoms with Gasteiger partial charge in [0.2, 0.25) is 11.8 Å². The van der Waals surface area contributed by atoms with Gasteiger partial charge < -0.3 is 16.8 Å². The largest absolute Gasteiger partial charge is 0.384 e. The molecule has 1 heterocycles. The highest BCUT2D eigenvalue weighted by Gasteiger charge is 2.33. The minimum absolute atomic E-state index is 0. The first-order valence-corrected chi connectivity index (χ1v) is 8.16. The number of amides is 2. The lowest BCUT2D eigenvalue weighted by molar-refractivity contribution is -0.132. The lowest BCUT2D eigenvalue weighted by Crippen LogP contribution is -2.55. The van der Waals surface area contributed by atoms with Crippen LogP contribution < -0.4 is 16.8 Å². The van der Waals surface area contributed by atoms with E-state index in [0.29, 0.717) is 25.1 Å². The van der Waals surface area contributed by atoms with Crippen LogP contribution in [0.15, 0.2) is 24.3 Å². The molecule has 1 saturated heterocycles. The molecule has 6 N–H and O–H groups in total. The maximum absolute atomic E-state index is 12.4. The van der Waals surface area contributed by atoms with Crippen molar-refractivity contribution in [1.29, 1.82) is 5.41 Å². The van der Waals surface area contributed by atoms with Crippen molar-refractivity contribution in [2.45, 2.75) is 44.8 Å². The Hall–Kier alpha value is -1.83. The number of nitrogens with one attached hydrogen (secondary N) is 2. The molecule has 0 spiro atoms. The summed E-state index contributed by atoms with van der Waals surface area (Å²) in [7, 11) is 0. The fourth-order valence-corrected chi connectivity index (χ4v) is 3.01. The predicted octanol–water partition coefficient (Wildman–Crippen LogP) is 1.16. The minimum Gasteiger partial charge on any atom is -0.384 e. The van der Waals surface area contributed by atoms with E-state index in [1.54, 1.807) is 19.1 Å². The average Bonchev–Trinajstić information content (AvgIpc) is 2.59. The SMILES string of the molecule is C[C@@H](C(=O)NCc1ccc(C(=N)N)cc1)N1CCCCC1C(N)=O.Cl.Cl. The Bertz CT molecular complexity index is 624. The zero-order valence-corrected chi connectivity index (χ0v) is 16.4. The second-order valence-corrected chi connectivity index (χ2v) is 6.16. The number of nitrogens with two attached hydrogens (primary N) is 2. The molecule has 1 aromatic carbocycles. The van der Waals surface area contributed by atoms with Crippen LogP contribution in [0.2, 0.25) is 0 Å². The van der Waals surface area contributed by atoms with Crippen molar-refractivity contribution < 1.29 is 9.59 Å². The zero-order chi connectivity index (χ0) is 17.7. The zero-order valence-electron chi connectivity index (χ0n) is 14.7. The number of nitrogen functional groups attached to an aromatic ring is 1. The van der Waals surface area contributed by atoms with Gasteiger partial charge in [0, 0.05) is 12.1 Å². The van der Waals surface area contributed by atoms with E-state index in [9.17, 15) is 9.59 Å². The summed E-state index contributed by atoms with van der Waals surface area (Å²) in [6, 6.07) is 6.39. The first-order chi connectivity index (χ1) is 11.4. The molecule has 1 aliphatic heterocycles. The van der Waals surface area contributed by atoms with Crippen LogP contribution in [-0.2, 0) is 16.1 Å². The highest BCUT2D eigenvalue weighted by molar-refractivity contribution is 5.94. The lowest BCUT2D eigenvalue weighted by atomic mass is 9.99. The number of nitrogens with zero attached hydrogens (tertiary/aromatic N) is 1. The van der Waals surface area contributed by atoms with Crippen molar-refractivity contribution in [2.75, 3.05) is 6.54 Å². The van der Waals surface area contributed by atoms with Crippen molar-refractivity contribution in [3.8, 4) is 0 Å². The highest BCUT2D eigenvalue weighted by atomic mass is 35.5. The van der Waals surface area contributed by atoms with E-state index >= 15 is 0 Å². The number of hydrogen-bond acceptors (Lipinski definition) is 4. The van der Waals surface area contributed by atoms with E-state index < -0.39 is 6.04 Å². The molecule has 0 bridgehead atoms. The number of primary amides is 1. The summed E-state index contributed by atoms with van der Waals surface area (Å²) in [5.41, 5.74) is 12.4. The molecule has 26 heavy (non-hydrogen) atoms. The molecule has 1 aliphatic rings. The summed E-state index contributed by atoms with van der Waals surface area (Å²) in [4.78, 5) is 25.9. The number of rotatable bonds is 6. The van der Waals surface area contributed by atoms with Gasteiger partial charge in [-0.15, -0.1) is 24.8 Å². The molecule has 0 radical (unpaired) electrons. The molecule has 0 saturated carbocycles. The second-order valence-electron chi connectivity index (χ2n) is 6.16. The smallest absolute Gasteiger partial charge is 0.237 e. The van der Waals surface area contributed by atoms with Crippen molar-refractivity contribution in [3.05, 3.63) is 35.4 Å². The molecular weight excluding hydrogens is 377 g/mol. The summed E-state index contributed by atoms with van der Waals surface area (Å²) in [6.45, 7) is 2.89. The summed E-state index contributed by atoms with van der Waals surface area (Å²) < 4.78 is 0. The minimum atomic E-state index is -0.403. The van der Waals surface area contributed by atoms with Crippen molar-refractivity contribution in [1.82, 2.24) is 10.2 Å². The molecule has 1 fully saturated rings. The number of carbonyl (C=O) groups is 2. The van der Waals surface area contributed by atoms with Gasteiger partial charge in [0.25, 0.3) is 0 Å². The van der Waals surface area contributed by atoms with Crippen LogP contribution >= 0.6 is 24.8 Å². The molecule has 146 valence electrons. The Morgan fingerprint density at radius 1 is 1.23 bits per heavy atom. The predicted molar refractivity (Wildman–Crippen MR) is 107 cm³/mol.